The highest BCUT2D eigenvalue weighted by Gasteiger charge is 1.97. The van der Waals surface area contributed by atoms with Crippen molar-refractivity contribution in [2.45, 2.75) is 40.0 Å². The first-order valence-electron chi connectivity index (χ1n) is 4.41. The first-order valence-corrected chi connectivity index (χ1v) is 4.41. The van der Waals surface area contributed by atoms with E-state index in [4.69, 9.17) is 0 Å². The minimum absolute atomic E-state index is 0.0779. The van der Waals surface area contributed by atoms with Gasteiger partial charge in [-0.15, -0.1) is 0 Å². The number of rotatable bonds is 5. The Morgan fingerprint density at radius 3 is 2.64 bits per heavy atom. The number of carbonyl (C=O) groups is 1. The van der Waals surface area contributed by atoms with E-state index >= 15 is 0 Å². The van der Waals surface area contributed by atoms with Gasteiger partial charge in [-0.1, -0.05) is 20.3 Å². The fourth-order valence-corrected chi connectivity index (χ4v) is 0.919. The van der Waals surface area contributed by atoms with Crippen LogP contribution in [-0.2, 0) is 4.79 Å². The molecular formula is C9H19NO. The molecule has 0 aromatic heterocycles. The van der Waals surface area contributed by atoms with Crippen molar-refractivity contribution in [3.8, 4) is 0 Å². The number of nitrogens with one attached hydrogen (secondary N) is 1. The van der Waals surface area contributed by atoms with E-state index in [1.165, 1.54) is 12.8 Å². The lowest BCUT2D eigenvalue weighted by atomic mass is 10.0. The van der Waals surface area contributed by atoms with Gasteiger partial charge in [-0.05, 0) is 18.8 Å². The standard InChI is InChI=1S/C9H19NO/c1-4-8(2)6-5-7-10-9(3)11/h8H,4-7H2,1-3H3,(H,10,11). The van der Waals surface area contributed by atoms with Crippen LogP contribution < -0.4 is 5.32 Å². The summed E-state index contributed by atoms with van der Waals surface area (Å²) in [5.41, 5.74) is 0. The number of hydrogen-bond donors (Lipinski definition) is 1. The predicted octanol–water partition coefficient (Wildman–Crippen LogP) is 1.95. The molecule has 0 spiro atoms. The topological polar surface area (TPSA) is 29.1 Å². The van der Waals surface area contributed by atoms with E-state index in [0.29, 0.717) is 0 Å². The number of hydrogen-bond acceptors (Lipinski definition) is 1. The zero-order chi connectivity index (χ0) is 8.69. The Labute approximate surface area is 69.4 Å². The van der Waals surface area contributed by atoms with E-state index in [0.717, 1.165) is 18.9 Å². The summed E-state index contributed by atoms with van der Waals surface area (Å²) in [6.45, 7) is 6.83. The fourth-order valence-electron chi connectivity index (χ4n) is 0.919. The molecule has 0 fully saturated rings. The minimum atomic E-state index is 0.0779. The van der Waals surface area contributed by atoms with Crippen LogP contribution in [0.1, 0.15) is 40.0 Å². The van der Waals surface area contributed by atoms with Crippen molar-refractivity contribution in [1.29, 1.82) is 0 Å². The molecule has 0 aromatic rings. The van der Waals surface area contributed by atoms with Gasteiger partial charge in [-0.25, -0.2) is 0 Å². The summed E-state index contributed by atoms with van der Waals surface area (Å²) in [6.07, 6.45) is 3.56. The van der Waals surface area contributed by atoms with Gasteiger partial charge in [-0.2, -0.15) is 0 Å². The van der Waals surface area contributed by atoms with Crippen LogP contribution in [0.15, 0.2) is 0 Å². The van der Waals surface area contributed by atoms with Gasteiger partial charge in [0, 0.05) is 13.5 Å². The lowest BCUT2D eigenvalue weighted by Gasteiger charge is -2.07. The highest BCUT2D eigenvalue weighted by Crippen LogP contribution is 2.07. The quantitative estimate of drug-likeness (QED) is 0.607. The number of amides is 1. The molecule has 1 atom stereocenters. The minimum Gasteiger partial charge on any atom is -0.356 e. The molecule has 0 heterocycles. The van der Waals surface area contributed by atoms with Gasteiger partial charge in [0.2, 0.25) is 5.91 Å². The molecule has 1 N–H and O–H groups in total. The Morgan fingerprint density at radius 2 is 2.18 bits per heavy atom. The van der Waals surface area contributed by atoms with E-state index in [2.05, 4.69) is 19.2 Å². The molecule has 2 nitrogen and oxygen atoms in total. The molecule has 11 heavy (non-hydrogen) atoms. The van der Waals surface area contributed by atoms with Gasteiger partial charge in [0.05, 0.1) is 0 Å². The summed E-state index contributed by atoms with van der Waals surface area (Å²) in [7, 11) is 0. The maximum absolute atomic E-state index is 10.4. The SMILES string of the molecule is CCC(C)CCCNC(C)=O. The lowest BCUT2D eigenvalue weighted by Crippen LogP contribution is -2.21. The summed E-state index contributed by atoms with van der Waals surface area (Å²) in [5, 5.41) is 2.79. The van der Waals surface area contributed by atoms with Gasteiger partial charge < -0.3 is 5.32 Å². The van der Waals surface area contributed by atoms with E-state index in [1.807, 2.05) is 0 Å². The van der Waals surface area contributed by atoms with Crippen molar-refractivity contribution in [3.63, 3.8) is 0 Å². The highest BCUT2D eigenvalue weighted by molar-refractivity contribution is 5.72. The van der Waals surface area contributed by atoms with Crippen LogP contribution >= 0.6 is 0 Å². The predicted molar refractivity (Wildman–Crippen MR) is 47.4 cm³/mol. The monoisotopic (exact) mass is 157 g/mol. The van der Waals surface area contributed by atoms with Gasteiger partial charge in [0.15, 0.2) is 0 Å². The molecular weight excluding hydrogens is 138 g/mol. The van der Waals surface area contributed by atoms with Crippen molar-refractivity contribution >= 4 is 5.91 Å². The average Bonchev–Trinajstić information content (AvgIpc) is 1.97. The van der Waals surface area contributed by atoms with Gasteiger partial charge >= 0.3 is 0 Å². The van der Waals surface area contributed by atoms with Crippen molar-refractivity contribution in [2.24, 2.45) is 5.92 Å². The third-order valence-electron chi connectivity index (χ3n) is 1.94. The molecule has 0 aliphatic heterocycles. The summed E-state index contributed by atoms with van der Waals surface area (Å²) < 4.78 is 0. The summed E-state index contributed by atoms with van der Waals surface area (Å²) in [6, 6.07) is 0. The molecule has 0 saturated carbocycles. The summed E-state index contributed by atoms with van der Waals surface area (Å²) in [4.78, 5) is 10.4. The van der Waals surface area contributed by atoms with Crippen molar-refractivity contribution < 1.29 is 4.79 Å². The first-order chi connectivity index (χ1) is 5.16. The molecule has 0 aliphatic carbocycles. The molecule has 0 saturated heterocycles. The zero-order valence-electron chi connectivity index (χ0n) is 7.81. The Kier molecular flexibility index (Phi) is 5.90. The van der Waals surface area contributed by atoms with Crippen molar-refractivity contribution in [3.05, 3.63) is 0 Å². The molecule has 1 unspecified atom stereocenters. The van der Waals surface area contributed by atoms with E-state index in [1.54, 1.807) is 6.92 Å². The second-order valence-electron chi connectivity index (χ2n) is 3.14. The van der Waals surface area contributed by atoms with Crippen molar-refractivity contribution in [2.75, 3.05) is 6.54 Å². The maximum atomic E-state index is 10.4. The van der Waals surface area contributed by atoms with Crippen LogP contribution in [0.25, 0.3) is 0 Å². The third kappa shape index (κ3) is 7.37. The van der Waals surface area contributed by atoms with Crippen LogP contribution in [0.4, 0.5) is 0 Å². The summed E-state index contributed by atoms with van der Waals surface area (Å²) >= 11 is 0. The molecule has 1 amide bonds. The Morgan fingerprint density at radius 1 is 1.55 bits per heavy atom. The lowest BCUT2D eigenvalue weighted by molar-refractivity contribution is -0.118. The summed E-state index contributed by atoms with van der Waals surface area (Å²) in [5.74, 6) is 0.873. The van der Waals surface area contributed by atoms with Crippen LogP contribution in [0.5, 0.6) is 0 Å². The van der Waals surface area contributed by atoms with E-state index in [-0.39, 0.29) is 5.91 Å². The molecule has 66 valence electrons. The second-order valence-corrected chi connectivity index (χ2v) is 3.14. The molecule has 0 aliphatic rings. The van der Waals surface area contributed by atoms with Crippen LogP contribution in [0.2, 0.25) is 0 Å². The second kappa shape index (κ2) is 6.20. The van der Waals surface area contributed by atoms with Crippen LogP contribution in [0, 0.1) is 5.92 Å². The number of carbonyl (C=O) groups excluding carboxylic acids is 1. The highest BCUT2D eigenvalue weighted by atomic mass is 16.1. The molecule has 0 rings (SSSR count). The largest absolute Gasteiger partial charge is 0.356 e. The molecule has 0 bridgehead atoms. The molecule has 0 radical (unpaired) electrons. The van der Waals surface area contributed by atoms with E-state index in [9.17, 15) is 4.79 Å². The Bertz CT molecular complexity index is 112. The van der Waals surface area contributed by atoms with Crippen LogP contribution in [0.3, 0.4) is 0 Å². The van der Waals surface area contributed by atoms with Gasteiger partial charge in [-0.3, -0.25) is 4.79 Å². The molecule has 0 aromatic carbocycles. The van der Waals surface area contributed by atoms with Crippen LogP contribution in [-0.4, -0.2) is 12.5 Å². The van der Waals surface area contributed by atoms with E-state index < -0.39 is 0 Å². The maximum Gasteiger partial charge on any atom is 0.216 e. The smallest absolute Gasteiger partial charge is 0.216 e. The zero-order valence-corrected chi connectivity index (χ0v) is 7.81. The third-order valence-corrected chi connectivity index (χ3v) is 1.94. The normalized spacial score (nSPS) is 12.6. The molecule has 2 heteroatoms. The Balaban J connectivity index is 3.08. The average molecular weight is 157 g/mol. The fraction of sp³-hybridized carbons (Fsp3) is 0.889. The van der Waals surface area contributed by atoms with Crippen molar-refractivity contribution in [1.82, 2.24) is 5.32 Å². The Hall–Kier alpha value is -0.530. The van der Waals surface area contributed by atoms with Gasteiger partial charge in [0.1, 0.15) is 0 Å². The van der Waals surface area contributed by atoms with Gasteiger partial charge in [0.25, 0.3) is 0 Å². The first kappa shape index (κ1) is 10.5.